The molecule has 0 unspecified atom stereocenters. The average Bonchev–Trinajstić information content (AvgIpc) is 2.99. The first kappa shape index (κ1) is 29.0. The molecule has 1 aliphatic heterocycles. The van der Waals surface area contributed by atoms with Crippen molar-refractivity contribution in [1.29, 1.82) is 0 Å². The molecular formula is C32H39N5O3. The molecule has 4 aromatic rings. The molecule has 1 saturated heterocycles. The van der Waals surface area contributed by atoms with Gasteiger partial charge in [0.2, 0.25) is 0 Å². The highest BCUT2D eigenvalue weighted by atomic mass is 16.5. The van der Waals surface area contributed by atoms with Crippen LogP contribution in [0, 0.1) is 6.92 Å². The number of rotatable bonds is 9. The number of fused-ring (bicyclic) bond motifs is 1. The van der Waals surface area contributed by atoms with Crippen LogP contribution >= 0.6 is 0 Å². The standard InChI is InChI=1S/C26H25N5O2.C6H14O/c1-19-5-7-21(8-6-19)28-25-23(26(32)31-13-3-2-4-24(31)29-25)18-27-20-9-11-22(12-10-20)30-14-16-33-17-15-30;1-3-5-7-6-4-2/h2-13,18,28H,14-17H2,1H3;3-6H2,1-2H3. The highest BCUT2D eigenvalue weighted by molar-refractivity contribution is 5.89. The van der Waals surface area contributed by atoms with Crippen LogP contribution in [-0.4, -0.2) is 55.1 Å². The predicted molar refractivity (Wildman–Crippen MR) is 164 cm³/mol. The van der Waals surface area contributed by atoms with E-state index in [1.807, 2.05) is 61.5 Å². The molecule has 2 aromatic carbocycles. The van der Waals surface area contributed by atoms with Gasteiger partial charge in [-0.05, 0) is 68.3 Å². The Morgan fingerprint density at radius 2 is 1.68 bits per heavy atom. The predicted octanol–water partition coefficient (Wildman–Crippen LogP) is 6.16. The van der Waals surface area contributed by atoms with E-state index >= 15 is 0 Å². The molecule has 40 heavy (non-hydrogen) atoms. The van der Waals surface area contributed by atoms with Crippen molar-refractivity contribution in [3.8, 4) is 0 Å². The van der Waals surface area contributed by atoms with E-state index in [2.05, 4.69) is 46.2 Å². The Balaban J connectivity index is 0.000000470. The Morgan fingerprint density at radius 3 is 2.35 bits per heavy atom. The van der Waals surface area contributed by atoms with Gasteiger partial charge in [-0.25, -0.2) is 4.98 Å². The van der Waals surface area contributed by atoms with Gasteiger partial charge in [0.25, 0.3) is 5.56 Å². The van der Waals surface area contributed by atoms with Gasteiger partial charge in [-0.15, -0.1) is 0 Å². The van der Waals surface area contributed by atoms with Gasteiger partial charge >= 0.3 is 0 Å². The maximum Gasteiger partial charge on any atom is 0.268 e. The summed E-state index contributed by atoms with van der Waals surface area (Å²) < 4.78 is 12.1. The summed E-state index contributed by atoms with van der Waals surface area (Å²) in [5, 5.41) is 3.29. The quantitative estimate of drug-likeness (QED) is 0.202. The van der Waals surface area contributed by atoms with Gasteiger partial charge < -0.3 is 19.7 Å². The van der Waals surface area contributed by atoms with E-state index in [1.54, 1.807) is 12.4 Å². The van der Waals surface area contributed by atoms with Crippen LogP contribution in [0.4, 0.5) is 22.9 Å². The Morgan fingerprint density at radius 1 is 0.975 bits per heavy atom. The van der Waals surface area contributed by atoms with Gasteiger partial charge in [-0.2, -0.15) is 0 Å². The van der Waals surface area contributed by atoms with Gasteiger partial charge in [0, 0.05) is 50.1 Å². The number of aliphatic imine (C=N–C) groups is 1. The number of hydrogen-bond donors (Lipinski definition) is 1. The molecule has 2 aromatic heterocycles. The fraction of sp³-hybridized carbons (Fsp3) is 0.344. The fourth-order valence-corrected chi connectivity index (χ4v) is 4.19. The van der Waals surface area contributed by atoms with Crippen molar-refractivity contribution < 1.29 is 9.47 Å². The van der Waals surface area contributed by atoms with E-state index in [4.69, 9.17) is 9.47 Å². The lowest BCUT2D eigenvalue weighted by Crippen LogP contribution is -2.36. The molecule has 1 aliphatic rings. The smallest absolute Gasteiger partial charge is 0.268 e. The van der Waals surface area contributed by atoms with Crippen molar-refractivity contribution in [3.05, 3.63) is 94.4 Å². The van der Waals surface area contributed by atoms with Crippen molar-refractivity contribution in [2.75, 3.05) is 49.7 Å². The molecule has 8 heteroatoms. The second-order valence-electron chi connectivity index (χ2n) is 9.59. The van der Waals surface area contributed by atoms with E-state index in [-0.39, 0.29) is 5.56 Å². The first-order valence-electron chi connectivity index (χ1n) is 14.0. The molecule has 1 N–H and O–H groups in total. The third kappa shape index (κ3) is 8.00. The number of nitrogens with one attached hydrogen (secondary N) is 1. The number of aryl methyl sites for hydroxylation is 1. The number of anilines is 3. The first-order valence-corrected chi connectivity index (χ1v) is 14.0. The summed E-state index contributed by atoms with van der Waals surface area (Å²) in [5.41, 5.74) is 4.73. The van der Waals surface area contributed by atoms with Crippen LogP contribution in [0.1, 0.15) is 37.8 Å². The molecule has 3 heterocycles. The second-order valence-corrected chi connectivity index (χ2v) is 9.59. The van der Waals surface area contributed by atoms with Crippen LogP contribution in [0.5, 0.6) is 0 Å². The fourth-order valence-electron chi connectivity index (χ4n) is 4.19. The number of hydrogen-bond acceptors (Lipinski definition) is 7. The van der Waals surface area contributed by atoms with Crippen molar-refractivity contribution in [1.82, 2.24) is 9.38 Å². The summed E-state index contributed by atoms with van der Waals surface area (Å²) in [6, 6.07) is 21.5. The number of pyridine rings is 1. The largest absolute Gasteiger partial charge is 0.381 e. The Kier molecular flexibility index (Phi) is 10.8. The average molecular weight is 542 g/mol. The molecule has 0 aliphatic carbocycles. The monoisotopic (exact) mass is 541 g/mol. The molecule has 0 radical (unpaired) electrons. The summed E-state index contributed by atoms with van der Waals surface area (Å²) in [5.74, 6) is 0.476. The maximum atomic E-state index is 13.2. The van der Waals surface area contributed by atoms with Crippen LogP contribution in [-0.2, 0) is 9.47 Å². The minimum Gasteiger partial charge on any atom is -0.381 e. The molecule has 0 bridgehead atoms. The Labute approximate surface area is 236 Å². The highest BCUT2D eigenvalue weighted by Gasteiger charge is 2.13. The summed E-state index contributed by atoms with van der Waals surface area (Å²) >= 11 is 0. The molecule has 1 fully saturated rings. The lowest BCUT2D eigenvalue weighted by molar-refractivity contribution is 0.122. The SMILES string of the molecule is CCCOCCC.Cc1ccc(Nc2nc3ccccn3c(=O)c2C=Nc2ccc(N3CCOCC3)cc2)cc1. The molecule has 210 valence electrons. The topological polar surface area (TPSA) is 80.5 Å². The van der Waals surface area contributed by atoms with Crippen molar-refractivity contribution in [2.24, 2.45) is 4.99 Å². The van der Waals surface area contributed by atoms with Crippen LogP contribution < -0.4 is 15.8 Å². The summed E-state index contributed by atoms with van der Waals surface area (Å²) in [6.07, 6.45) is 5.59. The number of aromatic nitrogens is 2. The lowest BCUT2D eigenvalue weighted by Gasteiger charge is -2.28. The van der Waals surface area contributed by atoms with Crippen molar-refractivity contribution in [2.45, 2.75) is 33.6 Å². The number of morpholine rings is 1. The zero-order valence-electron chi connectivity index (χ0n) is 23.7. The summed E-state index contributed by atoms with van der Waals surface area (Å²) in [4.78, 5) is 24.8. The third-order valence-electron chi connectivity index (χ3n) is 6.35. The zero-order valence-corrected chi connectivity index (χ0v) is 23.7. The van der Waals surface area contributed by atoms with Gasteiger partial charge in [-0.3, -0.25) is 14.2 Å². The number of benzene rings is 2. The van der Waals surface area contributed by atoms with Gasteiger partial charge in [0.1, 0.15) is 17.0 Å². The molecule has 8 nitrogen and oxygen atoms in total. The van der Waals surface area contributed by atoms with E-state index in [0.717, 1.165) is 75.0 Å². The van der Waals surface area contributed by atoms with E-state index < -0.39 is 0 Å². The van der Waals surface area contributed by atoms with E-state index in [0.29, 0.717) is 17.0 Å². The molecule has 0 saturated carbocycles. The van der Waals surface area contributed by atoms with Crippen LogP contribution in [0.15, 0.2) is 82.7 Å². The maximum absolute atomic E-state index is 13.2. The minimum absolute atomic E-state index is 0.177. The Hall–Kier alpha value is -4.01. The first-order chi connectivity index (χ1) is 19.6. The normalized spacial score (nSPS) is 13.3. The zero-order chi connectivity index (χ0) is 28.2. The van der Waals surface area contributed by atoms with Crippen LogP contribution in [0.25, 0.3) is 5.65 Å². The second kappa shape index (κ2) is 15.0. The Bertz CT molecular complexity index is 1420. The van der Waals surface area contributed by atoms with E-state index in [9.17, 15) is 4.79 Å². The minimum atomic E-state index is -0.177. The number of ether oxygens (including phenoxy) is 2. The number of nitrogens with zero attached hydrogens (tertiary/aromatic N) is 4. The molecular weight excluding hydrogens is 502 g/mol. The molecule has 5 rings (SSSR count). The van der Waals surface area contributed by atoms with Gasteiger partial charge in [-0.1, -0.05) is 37.6 Å². The van der Waals surface area contributed by atoms with Crippen molar-refractivity contribution >= 4 is 34.7 Å². The van der Waals surface area contributed by atoms with Crippen molar-refractivity contribution in [3.63, 3.8) is 0 Å². The third-order valence-corrected chi connectivity index (χ3v) is 6.35. The van der Waals surface area contributed by atoms with Gasteiger partial charge in [0.05, 0.1) is 18.9 Å². The lowest BCUT2D eigenvalue weighted by atomic mass is 10.2. The van der Waals surface area contributed by atoms with Gasteiger partial charge in [0.15, 0.2) is 0 Å². The van der Waals surface area contributed by atoms with Crippen LogP contribution in [0.2, 0.25) is 0 Å². The van der Waals surface area contributed by atoms with Crippen LogP contribution in [0.3, 0.4) is 0 Å². The molecule has 0 amide bonds. The molecule has 0 atom stereocenters. The van der Waals surface area contributed by atoms with E-state index in [1.165, 1.54) is 4.40 Å². The highest BCUT2D eigenvalue weighted by Crippen LogP contribution is 2.22. The molecule has 0 spiro atoms. The summed E-state index contributed by atoms with van der Waals surface area (Å²) in [6.45, 7) is 11.4. The summed E-state index contributed by atoms with van der Waals surface area (Å²) in [7, 11) is 0.